The van der Waals surface area contributed by atoms with E-state index in [-0.39, 0.29) is 0 Å². The first-order valence-electron chi connectivity index (χ1n) is 6.36. The third-order valence-corrected chi connectivity index (χ3v) is 2.76. The predicted molar refractivity (Wildman–Crippen MR) is 72.5 cm³/mol. The van der Waals surface area contributed by atoms with Gasteiger partial charge in [0.2, 0.25) is 0 Å². The highest BCUT2D eigenvalue weighted by Gasteiger charge is 1.99. The molecule has 1 aromatic carbocycles. The van der Waals surface area contributed by atoms with Crippen LogP contribution in [-0.4, -0.2) is 38.2 Å². The van der Waals surface area contributed by atoms with Crippen molar-refractivity contribution in [3.63, 3.8) is 0 Å². The second kappa shape index (κ2) is 8.09. The second-order valence-electron chi connectivity index (χ2n) is 4.27. The molecular weight excluding hydrogens is 212 g/mol. The summed E-state index contributed by atoms with van der Waals surface area (Å²) in [5.74, 6) is 0.952. The van der Waals surface area contributed by atoms with E-state index in [1.165, 1.54) is 5.56 Å². The number of rotatable bonds is 8. The van der Waals surface area contributed by atoms with Crippen LogP contribution in [-0.2, 0) is 6.42 Å². The summed E-state index contributed by atoms with van der Waals surface area (Å²) in [6.45, 7) is 5.65. The van der Waals surface area contributed by atoms with Gasteiger partial charge in [0.25, 0.3) is 0 Å². The minimum absolute atomic E-state index is 0.723. The molecule has 2 N–H and O–H groups in total. The molecule has 0 saturated carbocycles. The molecule has 0 heterocycles. The molecule has 0 atom stereocenters. The quantitative estimate of drug-likeness (QED) is 0.749. The Balaban J connectivity index is 2.31. The smallest absolute Gasteiger partial charge is 0.119 e. The summed E-state index contributed by atoms with van der Waals surface area (Å²) in [5, 5.41) is 0. The fraction of sp³-hybridized carbons (Fsp3) is 0.571. The van der Waals surface area contributed by atoms with Crippen molar-refractivity contribution in [2.24, 2.45) is 5.73 Å². The van der Waals surface area contributed by atoms with Crippen molar-refractivity contribution in [3.8, 4) is 5.75 Å². The molecule has 0 aliphatic heterocycles. The molecule has 3 nitrogen and oxygen atoms in total. The molecule has 1 aromatic rings. The molecule has 17 heavy (non-hydrogen) atoms. The zero-order valence-electron chi connectivity index (χ0n) is 11.0. The van der Waals surface area contributed by atoms with Crippen LogP contribution in [0.3, 0.4) is 0 Å². The average Bonchev–Trinajstić information content (AvgIpc) is 2.36. The fourth-order valence-corrected chi connectivity index (χ4v) is 1.71. The standard InChI is InChI=1S/C14H24N2O/c1-3-17-14-7-5-13(6-8-14)9-12-16(2)11-4-10-15/h5-8H,3-4,9-12,15H2,1-2H3. The third-order valence-electron chi connectivity index (χ3n) is 2.76. The Morgan fingerprint density at radius 3 is 2.47 bits per heavy atom. The lowest BCUT2D eigenvalue weighted by Gasteiger charge is -2.15. The maximum Gasteiger partial charge on any atom is 0.119 e. The van der Waals surface area contributed by atoms with Crippen LogP contribution in [0.2, 0.25) is 0 Å². The normalized spacial score (nSPS) is 10.8. The van der Waals surface area contributed by atoms with E-state index >= 15 is 0 Å². The van der Waals surface area contributed by atoms with Gasteiger partial charge in [0.05, 0.1) is 6.61 Å². The van der Waals surface area contributed by atoms with Crippen LogP contribution in [0.1, 0.15) is 18.9 Å². The number of ether oxygens (including phenoxy) is 1. The van der Waals surface area contributed by atoms with Crippen LogP contribution < -0.4 is 10.5 Å². The highest BCUT2D eigenvalue weighted by Crippen LogP contribution is 2.12. The largest absolute Gasteiger partial charge is 0.494 e. The summed E-state index contributed by atoms with van der Waals surface area (Å²) in [7, 11) is 2.14. The third kappa shape index (κ3) is 5.71. The number of likely N-dealkylation sites (N-methyl/N-ethyl adjacent to an activating group) is 1. The van der Waals surface area contributed by atoms with Gasteiger partial charge >= 0.3 is 0 Å². The van der Waals surface area contributed by atoms with Gasteiger partial charge in [0, 0.05) is 6.54 Å². The van der Waals surface area contributed by atoms with Gasteiger partial charge in [-0.25, -0.2) is 0 Å². The molecule has 0 bridgehead atoms. The topological polar surface area (TPSA) is 38.5 Å². The van der Waals surface area contributed by atoms with E-state index in [1.807, 2.05) is 19.1 Å². The first-order chi connectivity index (χ1) is 8.26. The monoisotopic (exact) mass is 236 g/mol. The first-order valence-corrected chi connectivity index (χ1v) is 6.36. The van der Waals surface area contributed by atoms with Crippen LogP contribution in [0.25, 0.3) is 0 Å². The van der Waals surface area contributed by atoms with Crippen molar-refractivity contribution >= 4 is 0 Å². The number of hydrogen-bond donors (Lipinski definition) is 1. The van der Waals surface area contributed by atoms with Crippen molar-refractivity contribution in [1.29, 1.82) is 0 Å². The molecule has 0 fully saturated rings. The van der Waals surface area contributed by atoms with Crippen LogP contribution in [0.15, 0.2) is 24.3 Å². The van der Waals surface area contributed by atoms with E-state index in [0.717, 1.165) is 44.8 Å². The summed E-state index contributed by atoms with van der Waals surface area (Å²) in [4.78, 5) is 2.32. The summed E-state index contributed by atoms with van der Waals surface area (Å²) in [5.41, 5.74) is 6.84. The van der Waals surface area contributed by atoms with Gasteiger partial charge < -0.3 is 15.4 Å². The van der Waals surface area contributed by atoms with E-state index in [9.17, 15) is 0 Å². The Morgan fingerprint density at radius 1 is 1.18 bits per heavy atom. The van der Waals surface area contributed by atoms with Gasteiger partial charge in [-0.1, -0.05) is 12.1 Å². The molecule has 96 valence electrons. The molecule has 1 rings (SSSR count). The molecule has 0 spiro atoms. The Bertz CT molecular complexity index is 298. The molecule has 0 aliphatic rings. The minimum Gasteiger partial charge on any atom is -0.494 e. The average molecular weight is 236 g/mol. The van der Waals surface area contributed by atoms with Crippen LogP contribution in [0, 0.1) is 0 Å². The summed E-state index contributed by atoms with van der Waals surface area (Å²) in [6, 6.07) is 8.36. The Kier molecular flexibility index (Phi) is 6.67. The molecule has 3 heteroatoms. The highest BCUT2D eigenvalue weighted by atomic mass is 16.5. The molecule has 0 unspecified atom stereocenters. The van der Waals surface area contributed by atoms with Crippen molar-refractivity contribution in [3.05, 3.63) is 29.8 Å². The first kappa shape index (κ1) is 14.0. The minimum atomic E-state index is 0.723. The van der Waals surface area contributed by atoms with Gasteiger partial charge in [-0.15, -0.1) is 0 Å². The lowest BCUT2D eigenvalue weighted by Crippen LogP contribution is -2.24. The number of benzene rings is 1. The Labute approximate surface area is 105 Å². The zero-order valence-corrected chi connectivity index (χ0v) is 11.0. The SMILES string of the molecule is CCOc1ccc(CCN(C)CCCN)cc1. The molecule has 0 aromatic heterocycles. The number of nitrogens with two attached hydrogens (primary N) is 1. The van der Waals surface area contributed by atoms with E-state index in [0.29, 0.717) is 0 Å². The summed E-state index contributed by atoms with van der Waals surface area (Å²) < 4.78 is 5.42. The van der Waals surface area contributed by atoms with Crippen LogP contribution in [0.4, 0.5) is 0 Å². The molecule has 0 radical (unpaired) electrons. The van der Waals surface area contributed by atoms with Crippen LogP contribution in [0.5, 0.6) is 5.75 Å². The Morgan fingerprint density at radius 2 is 1.88 bits per heavy atom. The lowest BCUT2D eigenvalue weighted by atomic mass is 10.1. The lowest BCUT2D eigenvalue weighted by molar-refractivity contribution is 0.334. The van der Waals surface area contributed by atoms with Gasteiger partial charge in [0.15, 0.2) is 0 Å². The molecular formula is C14H24N2O. The molecule has 0 saturated heterocycles. The highest BCUT2D eigenvalue weighted by molar-refractivity contribution is 5.27. The van der Waals surface area contributed by atoms with E-state index < -0.39 is 0 Å². The van der Waals surface area contributed by atoms with E-state index in [1.54, 1.807) is 0 Å². The van der Waals surface area contributed by atoms with Crippen LogP contribution >= 0.6 is 0 Å². The van der Waals surface area contributed by atoms with Crippen molar-refractivity contribution in [2.75, 3.05) is 33.3 Å². The fourth-order valence-electron chi connectivity index (χ4n) is 1.71. The molecule has 0 aliphatic carbocycles. The predicted octanol–water partition coefficient (Wildman–Crippen LogP) is 1.91. The zero-order chi connectivity index (χ0) is 12.5. The van der Waals surface area contributed by atoms with E-state index in [2.05, 4.69) is 24.1 Å². The van der Waals surface area contributed by atoms with Crippen molar-refractivity contribution in [1.82, 2.24) is 4.90 Å². The van der Waals surface area contributed by atoms with Crippen molar-refractivity contribution in [2.45, 2.75) is 19.8 Å². The van der Waals surface area contributed by atoms with Gasteiger partial charge in [0.1, 0.15) is 5.75 Å². The maximum absolute atomic E-state index is 5.49. The molecule has 0 amide bonds. The summed E-state index contributed by atoms with van der Waals surface area (Å²) >= 11 is 0. The summed E-state index contributed by atoms with van der Waals surface area (Å²) in [6.07, 6.45) is 2.15. The maximum atomic E-state index is 5.49. The van der Waals surface area contributed by atoms with Gasteiger partial charge in [-0.05, 0) is 57.6 Å². The van der Waals surface area contributed by atoms with Crippen molar-refractivity contribution < 1.29 is 4.74 Å². The van der Waals surface area contributed by atoms with E-state index in [4.69, 9.17) is 10.5 Å². The second-order valence-corrected chi connectivity index (χ2v) is 4.27. The number of nitrogens with zero attached hydrogens (tertiary/aromatic N) is 1. The number of hydrogen-bond acceptors (Lipinski definition) is 3. The Hall–Kier alpha value is -1.06. The van der Waals surface area contributed by atoms with Gasteiger partial charge in [-0.3, -0.25) is 0 Å². The van der Waals surface area contributed by atoms with Gasteiger partial charge in [-0.2, -0.15) is 0 Å².